The first kappa shape index (κ1) is 26.3. The lowest BCUT2D eigenvalue weighted by Crippen LogP contribution is -2.08. The summed E-state index contributed by atoms with van der Waals surface area (Å²) in [6.45, 7) is 1.79. The van der Waals surface area contributed by atoms with Crippen molar-refractivity contribution >= 4 is 56.7 Å². The number of methoxy groups -OCH3 is 1. The third-order valence-electron chi connectivity index (χ3n) is 5.42. The van der Waals surface area contributed by atoms with Crippen LogP contribution in [0.15, 0.2) is 72.1 Å². The van der Waals surface area contributed by atoms with Crippen LogP contribution in [0.3, 0.4) is 0 Å². The van der Waals surface area contributed by atoms with E-state index in [9.17, 15) is 9.18 Å². The number of anilines is 2. The number of nitrogens with one attached hydrogen (secondary N) is 1. The summed E-state index contributed by atoms with van der Waals surface area (Å²) in [7, 11) is 1.29. The SMILES string of the molecule is COC(=O)CO/N=C(\C)c1ccc2ncnc(Nc3ccc(OCc4cccc(F)c4)c(CI)c3)c2c1. The van der Waals surface area contributed by atoms with Crippen LogP contribution in [0.2, 0.25) is 0 Å². The molecule has 0 amide bonds. The molecule has 0 unspecified atom stereocenters. The van der Waals surface area contributed by atoms with Crippen LogP contribution in [-0.4, -0.2) is 35.4 Å². The topological polar surface area (TPSA) is 94.9 Å². The molecular formula is C27H24FIN4O4. The smallest absolute Gasteiger partial charge is 0.346 e. The van der Waals surface area contributed by atoms with Crippen LogP contribution >= 0.6 is 22.6 Å². The van der Waals surface area contributed by atoms with Crippen molar-refractivity contribution in [1.82, 2.24) is 9.97 Å². The van der Waals surface area contributed by atoms with Gasteiger partial charge in [0.25, 0.3) is 0 Å². The normalized spacial score (nSPS) is 11.3. The maximum atomic E-state index is 13.5. The molecule has 190 valence electrons. The molecule has 4 aromatic rings. The fraction of sp³-hybridized carbons (Fsp3) is 0.185. The molecule has 37 heavy (non-hydrogen) atoms. The summed E-state index contributed by atoms with van der Waals surface area (Å²) < 4.78 is 24.7. The van der Waals surface area contributed by atoms with E-state index in [1.807, 2.05) is 42.5 Å². The maximum Gasteiger partial charge on any atom is 0.346 e. The zero-order valence-corrected chi connectivity index (χ0v) is 22.4. The number of ether oxygens (including phenoxy) is 2. The van der Waals surface area contributed by atoms with Gasteiger partial charge in [-0.15, -0.1) is 0 Å². The molecule has 0 aliphatic carbocycles. The Morgan fingerprint density at radius 2 is 1.97 bits per heavy atom. The second kappa shape index (κ2) is 12.4. The maximum absolute atomic E-state index is 13.5. The van der Waals surface area contributed by atoms with Gasteiger partial charge in [0.15, 0.2) is 0 Å². The van der Waals surface area contributed by atoms with Gasteiger partial charge in [-0.3, -0.25) is 0 Å². The number of rotatable bonds is 10. The van der Waals surface area contributed by atoms with E-state index in [1.165, 1.54) is 25.6 Å². The van der Waals surface area contributed by atoms with Gasteiger partial charge in [-0.2, -0.15) is 0 Å². The molecule has 8 nitrogen and oxygen atoms in total. The average molecular weight is 614 g/mol. The predicted molar refractivity (Wildman–Crippen MR) is 148 cm³/mol. The zero-order chi connectivity index (χ0) is 26.2. The van der Waals surface area contributed by atoms with Gasteiger partial charge in [-0.05, 0) is 60.5 Å². The van der Waals surface area contributed by atoms with Gasteiger partial charge in [-0.25, -0.2) is 19.2 Å². The van der Waals surface area contributed by atoms with Gasteiger partial charge < -0.3 is 19.6 Å². The highest BCUT2D eigenvalue weighted by Crippen LogP contribution is 2.30. The lowest BCUT2D eigenvalue weighted by atomic mass is 10.1. The first-order chi connectivity index (χ1) is 18.0. The van der Waals surface area contributed by atoms with Crippen molar-refractivity contribution in [3.05, 3.63) is 89.5 Å². The minimum Gasteiger partial charge on any atom is -0.489 e. The number of hydrogen-bond donors (Lipinski definition) is 1. The molecule has 0 saturated carbocycles. The number of fused-ring (bicyclic) bond motifs is 1. The monoisotopic (exact) mass is 614 g/mol. The molecule has 1 aromatic heterocycles. The number of carbonyl (C=O) groups excluding carboxylic acids is 1. The lowest BCUT2D eigenvalue weighted by molar-refractivity contribution is -0.145. The molecule has 10 heteroatoms. The molecule has 0 aliphatic heterocycles. The van der Waals surface area contributed by atoms with Crippen molar-refractivity contribution in [3.63, 3.8) is 0 Å². The van der Waals surface area contributed by atoms with Gasteiger partial charge in [0.05, 0.1) is 18.3 Å². The molecule has 0 atom stereocenters. The van der Waals surface area contributed by atoms with E-state index in [-0.39, 0.29) is 19.0 Å². The first-order valence-electron chi connectivity index (χ1n) is 11.3. The number of carbonyl (C=O) groups is 1. The summed E-state index contributed by atoms with van der Waals surface area (Å²) in [6.07, 6.45) is 1.50. The van der Waals surface area contributed by atoms with Crippen LogP contribution in [0.5, 0.6) is 5.75 Å². The van der Waals surface area contributed by atoms with E-state index in [4.69, 9.17) is 9.57 Å². The fourth-order valence-electron chi connectivity index (χ4n) is 3.50. The summed E-state index contributed by atoms with van der Waals surface area (Å²) in [5, 5.41) is 8.16. The van der Waals surface area contributed by atoms with Crippen LogP contribution in [-0.2, 0) is 25.4 Å². The van der Waals surface area contributed by atoms with Crippen molar-refractivity contribution in [1.29, 1.82) is 0 Å². The molecule has 0 spiro atoms. The van der Waals surface area contributed by atoms with Crippen molar-refractivity contribution in [2.45, 2.75) is 18.0 Å². The van der Waals surface area contributed by atoms with E-state index in [0.717, 1.165) is 43.5 Å². The largest absolute Gasteiger partial charge is 0.489 e. The van der Waals surface area contributed by atoms with E-state index in [2.05, 4.69) is 47.8 Å². The lowest BCUT2D eigenvalue weighted by Gasteiger charge is -2.14. The minimum atomic E-state index is -0.508. The molecule has 1 N–H and O–H groups in total. The summed E-state index contributed by atoms with van der Waals surface area (Å²) in [5.74, 6) is 0.567. The summed E-state index contributed by atoms with van der Waals surface area (Å²) >= 11 is 2.28. The highest BCUT2D eigenvalue weighted by molar-refractivity contribution is 14.1. The highest BCUT2D eigenvalue weighted by Gasteiger charge is 2.10. The molecule has 1 heterocycles. The Kier molecular flexibility index (Phi) is 8.83. The Hall–Kier alpha value is -3.80. The van der Waals surface area contributed by atoms with Gasteiger partial charge in [-0.1, -0.05) is 45.9 Å². The predicted octanol–water partition coefficient (Wildman–Crippen LogP) is 5.94. The fourth-order valence-corrected chi connectivity index (χ4v) is 4.10. The minimum absolute atomic E-state index is 0.265. The second-order valence-electron chi connectivity index (χ2n) is 7.98. The molecule has 4 rings (SSSR count). The van der Waals surface area contributed by atoms with Gasteiger partial charge in [0, 0.05) is 21.1 Å². The van der Waals surface area contributed by atoms with Crippen molar-refractivity contribution in [2.75, 3.05) is 19.0 Å². The van der Waals surface area contributed by atoms with Crippen molar-refractivity contribution in [2.24, 2.45) is 5.16 Å². The molecule has 0 aliphatic rings. The number of benzene rings is 3. The van der Waals surface area contributed by atoms with Crippen molar-refractivity contribution < 1.29 is 23.5 Å². The molecule has 0 radical (unpaired) electrons. The number of oxime groups is 1. The van der Waals surface area contributed by atoms with Gasteiger partial charge in [0.1, 0.15) is 30.3 Å². The quantitative estimate of drug-likeness (QED) is 0.0777. The number of halogens is 2. The van der Waals surface area contributed by atoms with Crippen LogP contribution in [0, 0.1) is 5.82 Å². The number of esters is 1. The van der Waals surface area contributed by atoms with Crippen LogP contribution in [0.1, 0.15) is 23.6 Å². The van der Waals surface area contributed by atoms with Crippen molar-refractivity contribution in [3.8, 4) is 5.75 Å². The summed E-state index contributed by atoms with van der Waals surface area (Å²) in [6, 6.07) is 17.8. The third-order valence-corrected chi connectivity index (χ3v) is 6.24. The van der Waals surface area contributed by atoms with Gasteiger partial charge in [0.2, 0.25) is 6.61 Å². The standard InChI is InChI=1S/C27H24FIN4O4/c1-17(33-37-15-26(34)35-2)19-6-8-24-23(12-19)27(31-16-30-24)32-22-7-9-25(20(11-22)13-29)36-14-18-4-3-5-21(28)10-18/h3-12,16H,13-15H2,1-2H3,(H,30,31,32)/b33-17+. The average Bonchev–Trinajstić information content (AvgIpc) is 2.92. The Bertz CT molecular complexity index is 1450. The zero-order valence-electron chi connectivity index (χ0n) is 20.2. The van der Waals surface area contributed by atoms with Gasteiger partial charge >= 0.3 is 5.97 Å². The molecular weight excluding hydrogens is 590 g/mol. The van der Waals surface area contributed by atoms with E-state index < -0.39 is 5.97 Å². The summed E-state index contributed by atoms with van der Waals surface area (Å²) in [4.78, 5) is 25.1. The third kappa shape index (κ3) is 6.91. The summed E-state index contributed by atoms with van der Waals surface area (Å²) in [5.41, 5.74) is 4.73. The van der Waals surface area contributed by atoms with Crippen LogP contribution < -0.4 is 10.1 Å². The number of hydrogen-bond acceptors (Lipinski definition) is 8. The molecule has 0 bridgehead atoms. The second-order valence-corrected chi connectivity index (χ2v) is 8.74. The number of alkyl halides is 1. The Balaban J connectivity index is 1.53. The van der Waals surface area contributed by atoms with E-state index >= 15 is 0 Å². The molecule has 0 saturated heterocycles. The highest BCUT2D eigenvalue weighted by atomic mass is 127. The Morgan fingerprint density at radius 1 is 1.11 bits per heavy atom. The number of aromatic nitrogens is 2. The number of nitrogens with zero attached hydrogens (tertiary/aromatic N) is 3. The van der Waals surface area contributed by atoms with Crippen LogP contribution in [0.4, 0.5) is 15.9 Å². The van der Waals surface area contributed by atoms with E-state index in [0.29, 0.717) is 11.5 Å². The molecule has 3 aromatic carbocycles. The Labute approximate surface area is 227 Å². The van der Waals surface area contributed by atoms with E-state index in [1.54, 1.807) is 13.0 Å². The Morgan fingerprint density at radius 3 is 2.76 bits per heavy atom. The molecule has 0 fully saturated rings. The first-order valence-corrected chi connectivity index (χ1v) is 12.8. The van der Waals surface area contributed by atoms with Crippen LogP contribution in [0.25, 0.3) is 10.9 Å².